The number of aliphatic hydroxyl groups excluding tert-OH is 1. The Balaban J connectivity index is 2.50. The van der Waals surface area contributed by atoms with E-state index in [1.54, 1.807) is 14.0 Å². The van der Waals surface area contributed by atoms with Crippen molar-refractivity contribution >= 4 is 5.97 Å². The number of aliphatic hydroxyl groups is 1. The highest BCUT2D eigenvalue weighted by Gasteiger charge is 2.34. The summed E-state index contributed by atoms with van der Waals surface area (Å²) in [6.07, 6.45) is 1.86. The monoisotopic (exact) mass is 281 g/mol. The van der Waals surface area contributed by atoms with E-state index in [0.29, 0.717) is 12.8 Å². The van der Waals surface area contributed by atoms with E-state index in [-0.39, 0.29) is 6.61 Å². The number of carbonyl (C=O) groups is 1. The molecule has 0 spiro atoms. The van der Waals surface area contributed by atoms with Crippen LogP contribution in [0, 0.1) is 0 Å². The number of esters is 1. The quantitative estimate of drug-likeness (QED) is 0.701. The van der Waals surface area contributed by atoms with Crippen LogP contribution >= 0.6 is 0 Å². The molecule has 1 atom stereocenters. The fourth-order valence-corrected chi connectivity index (χ4v) is 1.92. The van der Waals surface area contributed by atoms with Crippen LogP contribution < -0.4 is 10.5 Å². The molecule has 0 radical (unpaired) electrons. The van der Waals surface area contributed by atoms with Crippen molar-refractivity contribution in [3.8, 4) is 5.75 Å². The second kappa shape index (κ2) is 7.87. The van der Waals surface area contributed by atoms with Crippen molar-refractivity contribution in [1.82, 2.24) is 0 Å². The molecular weight excluding hydrogens is 258 g/mol. The zero-order chi connectivity index (χ0) is 15.0. The number of hydrogen-bond donors (Lipinski definition) is 2. The summed E-state index contributed by atoms with van der Waals surface area (Å²) in [5.74, 6) is 0.265. The first-order valence-corrected chi connectivity index (χ1v) is 6.75. The van der Waals surface area contributed by atoms with Gasteiger partial charge in [0.1, 0.15) is 11.3 Å². The van der Waals surface area contributed by atoms with Crippen molar-refractivity contribution in [2.75, 3.05) is 20.3 Å². The van der Waals surface area contributed by atoms with E-state index in [1.165, 1.54) is 0 Å². The summed E-state index contributed by atoms with van der Waals surface area (Å²) in [7, 11) is 1.62. The molecule has 1 rings (SSSR count). The van der Waals surface area contributed by atoms with Gasteiger partial charge in [-0.1, -0.05) is 12.1 Å². The fraction of sp³-hybridized carbons (Fsp3) is 0.533. The van der Waals surface area contributed by atoms with Gasteiger partial charge in [0.05, 0.1) is 20.3 Å². The van der Waals surface area contributed by atoms with Crippen LogP contribution in [-0.2, 0) is 16.0 Å². The average molecular weight is 281 g/mol. The third kappa shape index (κ3) is 4.51. The maximum atomic E-state index is 11.7. The van der Waals surface area contributed by atoms with Gasteiger partial charge in [-0.2, -0.15) is 0 Å². The molecule has 0 aliphatic rings. The largest absolute Gasteiger partial charge is 0.497 e. The first-order chi connectivity index (χ1) is 9.55. The first-order valence-electron chi connectivity index (χ1n) is 6.75. The normalized spacial score (nSPS) is 13.6. The smallest absolute Gasteiger partial charge is 0.328 e. The van der Waals surface area contributed by atoms with Gasteiger partial charge in [-0.3, -0.25) is 0 Å². The van der Waals surface area contributed by atoms with E-state index < -0.39 is 18.1 Å². The predicted molar refractivity (Wildman–Crippen MR) is 76.6 cm³/mol. The van der Waals surface area contributed by atoms with Gasteiger partial charge in [0.15, 0.2) is 0 Å². The average Bonchev–Trinajstić information content (AvgIpc) is 2.48. The molecule has 0 aromatic heterocycles. The van der Waals surface area contributed by atoms with Crippen LogP contribution in [0.1, 0.15) is 25.3 Å². The maximum absolute atomic E-state index is 11.7. The first kappa shape index (κ1) is 16.5. The van der Waals surface area contributed by atoms with Gasteiger partial charge >= 0.3 is 5.97 Å². The Morgan fingerprint density at radius 2 is 2.00 bits per heavy atom. The Hall–Kier alpha value is -1.59. The van der Waals surface area contributed by atoms with Gasteiger partial charge in [-0.15, -0.1) is 0 Å². The molecule has 3 N–H and O–H groups in total. The third-order valence-corrected chi connectivity index (χ3v) is 3.21. The topological polar surface area (TPSA) is 81.8 Å². The van der Waals surface area contributed by atoms with Crippen LogP contribution in [0.2, 0.25) is 0 Å². The number of nitrogens with two attached hydrogens (primary N) is 1. The van der Waals surface area contributed by atoms with Gasteiger partial charge in [0, 0.05) is 0 Å². The lowest BCUT2D eigenvalue weighted by atomic mass is 9.93. The number of carbonyl (C=O) groups excluding carboxylic acids is 1. The maximum Gasteiger partial charge on any atom is 0.328 e. The minimum atomic E-state index is -1.30. The van der Waals surface area contributed by atoms with Gasteiger partial charge < -0.3 is 20.3 Å². The molecule has 1 unspecified atom stereocenters. The van der Waals surface area contributed by atoms with Crippen molar-refractivity contribution in [3.05, 3.63) is 29.8 Å². The molecule has 112 valence electrons. The highest BCUT2D eigenvalue weighted by molar-refractivity contribution is 5.80. The summed E-state index contributed by atoms with van der Waals surface area (Å²) in [6, 6.07) is 7.73. The molecule has 0 heterocycles. The summed E-state index contributed by atoms with van der Waals surface area (Å²) in [6.45, 7) is 1.57. The van der Waals surface area contributed by atoms with Crippen molar-refractivity contribution < 1.29 is 19.4 Å². The number of methoxy groups -OCH3 is 1. The van der Waals surface area contributed by atoms with Crippen LogP contribution in [0.5, 0.6) is 5.75 Å². The van der Waals surface area contributed by atoms with E-state index in [4.69, 9.17) is 15.2 Å². The SMILES string of the molecule is CCOC(=O)C(N)(CO)CCCc1ccc(OC)cc1. The standard InChI is InChI=1S/C15H23NO4/c1-3-20-14(18)15(16,11-17)10-4-5-12-6-8-13(19-2)9-7-12/h6-9,17H,3-5,10-11,16H2,1-2H3. The van der Waals surface area contributed by atoms with Crippen LogP contribution in [0.25, 0.3) is 0 Å². The van der Waals surface area contributed by atoms with E-state index in [9.17, 15) is 9.90 Å². The molecule has 0 saturated carbocycles. The van der Waals surface area contributed by atoms with Crippen LogP contribution in [0.3, 0.4) is 0 Å². The van der Waals surface area contributed by atoms with Gasteiger partial charge in [-0.25, -0.2) is 4.79 Å². The lowest BCUT2D eigenvalue weighted by Crippen LogP contribution is -2.52. The minimum absolute atomic E-state index is 0.260. The molecular formula is C15H23NO4. The fourth-order valence-electron chi connectivity index (χ4n) is 1.92. The van der Waals surface area contributed by atoms with Crippen LogP contribution in [0.4, 0.5) is 0 Å². The highest BCUT2D eigenvalue weighted by Crippen LogP contribution is 2.17. The highest BCUT2D eigenvalue weighted by atomic mass is 16.5. The van der Waals surface area contributed by atoms with E-state index in [0.717, 1.165) is 17.7 Å². The van der Waals surface area contributed by atoms with Gasteiger partial charge in [0.2, 0.25) is 0 Å². The number of aryl methyl sites for hydroxylation is 1. The molecule has 0 saturated heterocycles. The number of ether oxygens (including phenoxy) is 2. The summed E-state index contributed by atoms with van der Waals surface area (Å²) < 4.78 is 9.98. The zero-order valence-electron chi connectivity index (χ0n) is 12.1. The van der Waals surface area contributed by atoms with E-state index in [1.807, 2.05) is 24.3 Å². The molecule has 20 heavy (non-hydrogen) atoms. The van der Waals surface area contributed by atoms with Crippen molar-refractivity contribution in [3.63, 3.8) is 0 Å². The van der Waals surface area contributed by atoms with Crippen LogP contribution in [0.15, 0.2) is 24.3 Å². The number of hydrogen-bond acceptors (Lipinski definition) is 5. The molecule has 0 amide bonds. The Kier molecular flexibility index (Phi) is 6.48. The van der Waals surface area contributed by atoms with Crippen molar-refractivity contribution in [2.45, 2.75) is 31.7 Å². The zero-order valence-corrected chi connectivity index (χ0v) is 12.1. The predicted octanol–water partition coefficient (Wildman–Crippen LogP) is 1.27. The Morgan fingerprint density at radius 3 is 2.50 bits per heavy atom. The van der Waals surface area contributed by atoms with Crippen molar-refractivity contribution in [2.24, 2.45) is 5.73 Å². The second-order valence-electron chi connectivity index (χ2n) is 4.74. The molecule has 1 aromatic rings. The van der Waals surface area contributed by atoms with Gasteiger partial charge in [-0.05, 0) is 43.9 Å². The van der Waals surface area contributed by atoms with E-state index >= 15 is 0 Å². The van der Waals surface area contributed by atoms with E-state index in [2.05, 4.69) is 0 Å². The van der Waals surface area contributed by atoms with Crippen molar-refractivity contribution in [1.29, 1.82) is 0 Å². The summed E-state index contributed by atoms with van der Waals surface area (Å²) in [5.41, 5.74) is 5.72. The molecule has 0 aliphatic heterocycles. The molecule has 5 heteroatoms. The van der Waals surface area contributed by atoms with Gasteiger partial charge in [0.25, 0.3) is 0 Å². The number of rotatable bonds is 8. The number of benzene rings is 1. The molecule has 5 nitrogen and oxygen atoms in total. The Labute approximate surface area is 119 Å². The minimum Gasteiger partial charge on any atom is -0.497 e. The second-order valence-corrected chi connectivity index (χ2v) is 4.74. The summed E-state index contributed by atoms with van der Waals surface area (Å²) >= 11 is 0. The molecule has 1 aromatic carbocycles. The Morgan fingerprint density at radius 1 is 1.35 bits per heavy atom. The lowest BCUT2D eigenvalue weighted by Gasteiger charge is -2.24. The van der Waals surface area contributed by atoms with Crippen LogP contribution in [-0.4, -0.2) is 36.9 Å². The molecule has 0 bridgehead atoms. The third-order valence-electron chi connectivity index (χ3n) is 3.21. The molecule has 0 aliphatic carbocycles. The summed E-state index contributed by atoms with van der Waals surface area (Å²) in [4.78, 5) is 11.7. The summed E-state index contributed by atoms with van der Waals surface area (Å²) in [5, 5.41) is 9.31. The Bertz CT molecular complexity index is 418. The molecule has 0 fully saturated rings. The lowest BCUT2D eigenvalue weighted by molar-refractivity contribution is -0.151.